The van der Waals surface area contributed by atoms with Crippen LogP contribution in [0.4, 0.5) is 5.69 Å². The summed E-state index contributed by atoms with van der Waals surface area (Å²) in [5, 5.41) is 3.57. The third-order valence-electron chi connectivity index (χ3n) is 2.89. The Labute approximate surface area is 133 Å². The summed E-state index contributed by atoms with van der Waals surface area (Å²) >= 11 is 11.7. The molecule has 0 radical (unpaired) electrons. The van der Waals surface area contributed by atoms with E-state index >= 15 is 0 Å². The molecule has 0 aliphatic rings. The standard InChI is InChI=1S/C16H15Cl2NO2/c1-10-3-6-13(7-4-10)21-11(2)16(20)19-12-5-8-14(17)15(18)9-12/h3-9,11H,1-2H3,(H,19,20)/t11-/m0/s1. The highest BCUT2D eigenvalue weighted by molar-refractivity contribution is 6.42. The molecule has 0 aromatic heterocycles. The zero-order chi connectivity index (χ0) is 15.4. The molecule has 0 bridgehead atoms. The molecule has 3 nitrogen and oxygen atoms in total. The number of ether oxygens (including phenoxy) is 1. The Balaban J connectivity index is 1.98. The molecule has 0 aliphatic carbocycles. The van der Waals surface area contributed by atoms with Crippen LogP contribution < -0.4 is 10.1 Å². The summed E-state index contributed by atoms with van der Waals surface area (Å²) in [5.41, 5.74) is 1.71. The van der Waals surface area contributed by atoms with Gasteiger partial charge in [0.25, 0.3) is 5.91 Å². The molecule has 0 spiro atoms. The Morgan fingerprint density at radius 2 is 1.76 bits per heavy atom. The molecule has 1 N–H and O–H groups in total. The van der Waals surface area contributed by atoms with E-state index in [1.54, 1.807) is 25.1 Å². The molecule has 0 saturated heterocycles. The minimum atomic E-state index is -0.623. The SMILES string of the molecule is Cc1ccc(O[C@@H](C)C(=O)Nc2ccc(Cl)c(Cl)c2)cc1. The van der Waals surface area contributed by atoms with Crippen molar-refractivity contribution in [3.8, 4) is 5.75 Å². The van der Waals surface area contributed by atoms with Gasteiger partial charge in [0.15, 0.2) is 6.10 Å². The van der Waals surface area contributed by atoms with Crippen LogP contribution in [-0.2, 0) is 4.79 Å². The van der Waals surface area contributed by atoms with E-state index in [2.05, 4.69) is 5.32 Å². The van der Waals surface area contributed by atoms with Crippen molar-refractivity contribution in [3.63, 3.8) is 0 Å². The maximum Gasteiger partial charge on any atom is 0.265 e. The van der Waals surface area contributed by atoms with Gasteiger partial charge in [-0.3, -0.25) is 4.79 Å². The van der Waals surface area contributed by atoms with Gasteiger partial charge < -0.3 is 10.1 Å². The van der Waals surface area contributed by atoms with Crippen LogP contribution in [0.3, 0.4) is 0 Å². The van der Waals surface area contributed by atoms with E-state index in [4.69, 9.17) is 27.9 Å². The number of hydrogen-bond acceptors (Lipinski definition) is 2. The van der Waals surface area contributed by atoms with Crippen LogP contribution in [0.15, 0.2) is 42.5 Å². The van der Waals surface area contributed by atoms with Crippen molar-refractivity contribution < 1.29 is 9.53 Å². The quantitative estimate of drug-likeness (QED) is 0.885. The molecule has 0 fully saturated rings. The zero-order valence-electron chi connectivity index (χ0n) is 11.7. The number of aryl methyl sites for hydroxylation is 1. The number of halogens is 2. The van der Waals surface area contributed by atoms with E-state index in [0.717, 1.165) is 5.56 Å². The molecule has 0 unspecified atom stereocenters. The molecular formula is C16H15Cl2NO2. The summed E-state index contributed by atoms with van der Waals surface area (Å²) in [7, 11) is 0. The average molecular weight is 324 g/mol. The number of hydrogen-bond donors (Lipinski definition) is 1. The highest BCUT2D eigenvalue weighted by atomic mass is 35.5. The first-order valence-corrected chi connectivity index (χ1v) is 7.20. The van der Waals surface area contributed by atoms with Crippen LogP contribution in [0.2, 0.25) is 10.0 Å². The Bertz CT molecular complexity index is 641. The average Bonchev–Trinajstić information content (AvgIpc) is 2.45. The van der Waals surface area contributed by atoms with Crippen LogP contribution in [0.5, 0.6) is 5.75 Å². The lowest BCUT2D eigenvalue weighted by Gasteiger charge is -2.15. The van der Waals surface area contributed by atoms with Gasteiger partial charge in [0.1, 0.15) is 5.75 Å². The van der Waals surface area contributed by atoms with Gasteiger partial charge in [-0.2, -0.15) is 0 Å². The van der Waals surface area contributed by atoms with Crippen molar-refractivity contribution in [1.82, 2.24) is 0 Å². The monoisotopic (exact) mass is 323 g/mol. The van der Waals surface area contributed by atoms with Crippen molar-refractivity contribution in [3.05, 3.63) is 58.1 Å². The van der Waals surface area contributed by atoms with Gasteiger partial charge >= 0.3 is 0 Å². The summed E-state index contributed by atoms with van der Waals surface area (Å²) in [4.78, 5) is 12.1. The first kappa shape index (κ1) is 15.7. The number of benzene rings is 2. The van der Waals surface area contributed by atoms with E-state index in [0.29, 0.717) is 21.5 Å². The fourth-order valence-corrected chi connectivity index (χ4v) is 1.99. The van der Waals surface area contributed by atoms with Crippen molar-refractivity contribution in [2.75, 3.05) is 5.32 Å². The van der Waals surface area contributed by atoms with Crippen molar-refractivity contribution in [2.24, 2.45) is 0 Å². The third kappa shape index (κ3) is 4.38. The molecule has 1 amide bonds. The number of carbonyl (C=O) groups excluding carboxylic acids is 1. The Morgan fingerprint density at radius 3 is 2.38 bits per heavy atom. The van der Waals surface area contributed by atoms with Crippen LogP contribution >= 0.6 is 23.2 Å². The summed E-state index contributed by atoms with van der Waals surface area (Å²) < 4.78 is 5.59. The first-order valence-electron chi connectivity index (χ1n) is 6.45. The maximum atomic E-state index is 12.1. The Kier molecular flexibility index (Phi) is 5.10. The molecule has 0 saturated carbocycles. The van der Waals surface area contributed by atoms with E-state index in [-0.39, 0.29) is 5.91 Å². The van der Waals surface area contributed by atoms with Crippen LogP contribution in [0.1, 0.15) is 12.5 Å². The number of amides is 1. The van der Waals surface area contributed by atoms with Gasteiger partial charge in [0, 0.05) is 5.69 Å². The van der Waals surface area contributed by atoms with Gasteiger partial charge in [-0.05, 0) is 44.2 Å². The van der Waals surface area contributed by atoms with E-state index in [9.17, 15) is 4.79 Å². The van der Waals surface area contributed by atoms with Crippen molar-refractivity contribution in [1.29, 1.82) is 0 Å². The maximum absolute atomic E-state index is 12.1. The zero-order valence-corrected chi connectivity index (χ0v) is 13.2. The molecule has 5 heteroatoms. The lowest BCUT2D eigenvalue weighted by molar-refractivity contribution is -0.122. The molecule has 1 atom stereocenters. The summed E-state index contributed by atoms with van der Waals surface area (Å²) in [6.07, 6.45) is -0.623. The summed E-state index contributed by atoms with van der Waals surface area (Å²) in [5.74, 6) is 0.395. The predicted molar refractivity (Wildman–Crippen MR) is 86.4 cm³/mol. The molecule has 2 aromatic rings. The molecular weight excluding hydrogens is 309 g/mol. The number of nitrogens with one attached hydrogen (secondary N) is 1. The fraction of sp³-hybridized carbons (Fsp3) is 0.188. The Morgan fingerprint density at radius 1 is 1.10 bits per heavy atom. The van der Waals surface area contributed by atoms with Gasteiger partial charge in [-0.25, -0.2) is 0 Å². The second kappa shape index (κ2) is 6.83. The second-order valence-corrected chi connectivity index (χ2v) is 5.51. The predicted octanol–water partition coefficient (Wildman–Crippen LogP) is 4.71. The lowest BCUT2D eigenvalue weighted by atomic mass is 10.2. The smallest absolute Gasteiger partial charge is 0.265 e. The van der Waals surface area contributed by atoms with Gasteiger partial charge in [-0.1, -0.05) is 40.9 Å². The number of rotatable bonds is 4. The highest BCUT2D eigenvalue weighted by Gasteiger charge is 2.15. The van der Waals surface area contributed by atoms with E-state index in [1.807, 2.05) is 31.2 Å². The number of anilines is 1. The lowest BCUT2D eigenvalue weighted by Crippen LogP contribution is -2.30. The molecule has 0 heterocycles. The van der Waals surface area contributed by atoms with Gasteiger partial charge in [0.05, 0.1) is 10.0 Å². The Hall–Kier alpha value is -1.71. The van der Waals surface area contributed by atoms with Crippen LogP contribution in [0, 0.1) is 6.92 Å². The topological polar surface area (TPSA) is 38.3 Å². The van der Waals surface area contributed by atoms with Crippen molar-refractivity contribution in [2.45, 2.75) is 20.0 Å². The largest absolute Gasteiger partial charge is 0.481 e. The molecule has 2 rings (SSSR count). The normalized spacial score (nSPS) is 11.8. The van der Waals surface area contributed by atoms with Crippen LogP contribution in [-0.4, -0.2) is 12.0 Å². The third-order valence-corrected chi connectivity index (χ3v) is 3.63. The molecule has 21 heavy (non-hydrogen) atoms. The van der Waals surface area contributed by atoms with Crippen molar-refractivity contribution >= 4 is 34.8 Å². The molecule has 2 aromatic carbocycles. The van der Waals surface area contributed by atoms with E-state index < -0.39 is 6.10 Å². The highest BCUT2D eigenvalue weighted by Crippen LogP contribution is 2.25. The van der Waals surface area contributed by atoms with Gasteiger partial charge in [-0.15, -0.1) is 0 Å². The van der Waals surface area contributed by atoms with Crippen LogP contribution in [0.25, 0.3) is 0 Å². The summed E-state index contributed by atoms with van der Waals surface area (Å²) in [6, 6.07) is 12.4. The second-order valence-electron chi connectivity index (χ2n) is 4.69. The summed E-state index contributed by atoms with van der Waals surface area (Å²) in [6.45, 7) is 3.68. The first-order chi connectivity index (χ1) is 9.95. The fourth-order valence-electron chi connectivity index (χ4n) is 1.69. The number of carbonyl (C=O) groups is 1. The molecule has 110 valence electrons. The minimum absolute atomic E-state index is 0.256. The minimum Gasteiger partial charge on any atom is -0.481 e. The molecule has 0 aliphatic heterocycles. The van der Waals surface area contributed by atoms with E-state index in [1.165, 1.54) is 0 Å². The van der Waals surface area contributed by atoms with Gasteiger partial charge in [0.2, 0.25) is 0 Å².